The topological polar surface area (TPSA) is 53.0 Å². The summed E-state index contributed by atoms with van der Waals surface area (Å²) in [7, 11) is 1.99. The molecule has 0 radical (unpaired) electrons. The zero-order chi connectivity index (χ0) is 14.0. The van der Waals surface area contributed by atoms with Crippen molar-refractivity contribution < 1.29 is 0 Å². The first-order valence-corrected chi connectivity index (χ1v) is 6.13. The molecule has 0 bridgehead atoms. The second-order valence-electron chi connectivity index (χ2n) is 4.73. The van der Waals surface area contributed by atoms with Gasteiger partial charge < -0.3 is 10.6 Å². The van der Waals surface area contributed by atoms with Crippen molar-refractivity contribution in [1.82, 2.24) is 0 Å². The molecule has 2 N–H and O–H groups in total. The lowest BCUT2D eigenvalue weighted by Gasteiger charge is -2.22. The minimum atomic E-state index is 0.508. The fourth-order valence-electron chi connectivity index (χ4n) is 2.17. The Bertz CT molecular complexity index is 654. The molecule has 0 spiro atoms. The van der Waals surface area contributed by atoms with E-state index >= 15 is 0 Å². The van der Waals surface area contributed by atoms with Gasteiger partial charge in [-0.05, 0) is 43.7 Å². The number of aryl methyl sites for hydroxylation is 2. The molecule has 0 heterocycles. The van der Waals surface area contributed by atoms with Gasteiger partial charge in [0.15, 0.2) is 0 Å². The van der Waals surface area contributed by atoms with Gasteiger partial charge in [-0.3, -0.25) is 0 Å². The smallest absolute Gasteiger partial charge is 0.101 e. The number of nitrogens with two attached hydrogens (primary N) is 1. The molecule has 0 aliphatic rings. The quantitative estimate of drug-likeness (QED) is 0.831. The Morgan fingerprint density at radius 1 is 1.11 bits per heavy atom. The van der Waals surface area contributed by atoms with Gasteiger partial charge in [-0.1, -0.05) is 17.7 Å². The fraction of sp³-hybridized carbons (Fsp3) is 0.188. The Hall–Kier alpha value is -2.47. The lowest BCUT2D eigenvalue weighted by Crippen LogP contribution is -2.11. The van der Waals surface area contributed by atoms with Crippen molar-refractivity contribution in [1.29, 1.82) is 5.26 Å². The maximum Gasteiger partial charge on any atom is 0.101 e. The molecule has 0 fully saturated rings. The summed E-state index contributed by atoms with van der Waals surface area (Å²) >= 11 is 0. The third-order valence-corrected chi connectivity index (χ3v) is 3.26. The molecule has 2 aromatic rings. The first-order chi connectivity index (χ1) is 9.02. The Labute approximate surface area is 113 Å². The van der Waals surface area contributed by atoms with Crippen molar-refractivity contribution in [3.05, 3.63) is 53.1 Å². The highest BCUT2D eigenvalue weighted by Crippen LogP contribution is 2.29. The molecule has 0 amide bonds. The monoisotopic (exact) mass is 251 g/mol. The summed E-state index contributed by atoms with van der Waals surface area (Å²) in [5.74, 6) is 0. The van der Waals surface area contributed by atoms with Crippen LogP contribution in [0.2, 0.25) is 0 Å². The molecule has 0 saturated carbocycles. The van der Waals surface area contributed by atoms with E-state index < -0.39 is 0 Å². The van der Waals surface area contributed by atoms with Crippen molar-refractivity contribution in [2.45, 2.75) is 13.8 Å². The molecule has 0 aromatic heterocycles. The van der Waals surface area contributed by atoms with Crippen LogP contribution in [0, 0.1) is 25.2 Å². The Kier molecular flexibility index (Phi) is 3.43. The van der Waals surface area contributed by atoms with Gasteiger partial charge in [-0.25, -0.2) is 0 Å². The summed E-state index contributed by atoms with van der Waals surface area (Å²) < 4.78 is 0. The number of anilines is 3. The summed E-state index contributed by atoms with van der Waals surface area (Å²) in [4.78, 5) is 2.06. The summed E-state index contributed by atoms with van der Waals surface area (Å²) in [6.07, 6.45) is 0. The van der Waals surface area contributed by atoms with Crippen LogP contribution in [-0.2, 0) is 0 Å². The number of hydrogen-bond donors (Lipinski definition) is 1. The number of nitrogen functional groups attached to an aromatic ring is 1. The van der Waals surface area contributed by atoms with E-state index in [4.69, 9.17) is 11.0 Å². The van der Waals surface area contributed by atoms with E-state index in [1.54, 1.807) is 6.07 Å². The lowest BCUT2D eigenvalue weighted by atomic mass is 10.1. The molecule has 0 aliphatic carbocycles. The molecule has 19 heavy (non-hydrogen) atoms. The average Bonchev–Trinajstić information content (AvgIpc) is 2.38. The second-order valence-corrected chi connectivity index (χ2v) is 4.73. The minimum absolute atomic E-state index is 0.508. The van der Waals surface area contributed by atoms with Crippen LogP contribution < -0.4 is 10.6 Å². The van der Waals surface area contributed by atoms with Crippen LogP contribution in [0.3, 0.4) is 0 Å². The predicted molar refractivity (Wildman–Crippen MR) is 79.5 cm³/mol. The van der Waals surface area contributed by atoms with Crippen molar-refractivity contribution >= 4 is 17.1 Å². The number of hydrogen-bond acceptors (Lipinski definition) is 3. The third-order valence-electron chi connectivity index (χ3n) is 3.26. The van der Waals surface area contributed by atoms with Gasteiger partial charge in [0.05, 0.1) is 5.56 Å². The first kappa shape index (κ1) is 13.0. The van der Waals surface area contributed by atoms with Gasteiger partial charge >= 0.3 is 0 Å². The fourth-order valence-corrected chi connectivity index (χ4v) is 2.17. The summed E-state index contributed by atoms with van der Waals surface area (Å²) in [5.41, 5.74) is 11.3. The molecular formula is C16H17N3. The average molecular weight is 251 g/mol. The molecule has 2 rings (SSSR count). The standard InChI is InChI=1S/C16H17N3/c1-11-4-7-16(12(2)8-11)19(3)14-5-6-15(18)13(9-14)10-17/h4-9H,18H2,1-3H3. The van der Waals surface area contributed by atoms with E-state index in [2.05, 4.69) is 43.0 Å². The highest BCUT2D eigenvalue weighted by molar-refractivity contribution is 5.70. The van der Waals surface area contributed by atoms with Crippen LogP contribution in [0.25, 0.3) is 0 Å². The predicted octanol–water partition coefficient (Wildman–Crippen LogP) is 3.53. The van der Waals surface area contributed by atoms with Crippen LogP contribution in [-0.4, -0.2) is 7.05 Å². The zero-order valence-electron chi connectivity index (χ0n) is 11.4. The van der Waals surface area contributed by atoms with E-state index in [0.717, 1.165) is 11.4 Å². The Morgan fingerprint density at radius 3 is 2.47 bits per heavy atom. The van der Waals surface area contributed by atoms with Gasteiger partial charge in [-0.2, -0.15) is 5.26 Å². The van der Waals surface area contributed by atoms with E-state index in [1.807, 2.05) is 19.2 Å². The maximum absolute atomic E-state index is 9.04. The molecule has 0 unspecified atom stereocenters. The van der Waals surface area contributed by atoms with Crippen LogP contribution in [0.15, 0.2) is 36.4 Å². The highest BCUT2D eigenvalue weighted by Gasteiger charge is 2.09. The van der Waals surface area contributed by atoms with Gasteiger partial charge in [0.2, 0.25) is 0 Å². The summed E-state index contributed by atoms with van der Waals surface area (Å²) in [6.45, 7) is 4.16. The van der Waals surface area contributed by atoms with Gasteiger partial charge in [0, 0.05) is 24.1 Å². The normalized spacial score (nSPS) is 10.0. The highest BCUT2D eigenvalue weighted by atomic mass is 15.1. The third kappa shape index (κ3) is 2.53. The molecule has 3 heteroatoms. The van der Waals surface area contributed by atoms with Gasteiger partial charge in [0.25, 0.3) is 0 Å². The summed E-state index contributed by atoms with van der Waals surface area (Å²) in [5, 5.41) is 9.04. The molecule has 2 aromatic carbocycles. The number of rotatable bonds is 2. The van der Waals surface area contributed by atoms with E-state index in [1.165, 1.54) is 11.1 Å². The van der Waals surface area contributed by atoms with E-state index in [9.17, 15) is 0 Å². The van der Waals surface area contributed by atoms with Crippen molar-refractivity contribution in [2.75, 3.05) is 17.7 Å². The van der Waals surface area contributed by atoms with Crippen LogP contribution in [0.5, 0.6) is 0 Å². The number of nitriles is 1. The van der Waals surface area contributed by atoms with Gasteiger partial charge in [0.1, 0.15) is 6.07 Å². The zero-order valence-corrected chi connectivity index (χ0v) is 11.4. The molecule has 0 aliphatic heterocycles. The van der Waals surface area contributed by atoms with Crippen molar-refractivity contribution in [3.63, 3.8) is 0 Å². The van der Waals surface area contributed by atoms with Crippen LogP contribution in [0.1, 0.15) is 16.7 Å². The van der Waals surface area contributed by atoms with E-state index in [-0.39, 0.29) is 0 Å². The number of benzene rings is 2. The summed E-state index contributed by atoms with van der Waals surface area (Å²) in [6, 6.07) is 13.9. The Balaban J connectivity index is 2.44. The SMILES string of the molecule is Cc1ccc(N(C)c2ccc(N)c(C#N)c2)c(C)c1. The van der Waals surface area contributed by atoms with Crippen molar-refractivity contribution in [2.24, 2.45) is 0 Å². The minimum Gasteiger partial charge on any atom is -0.398 e. The molecular weight excluding hydrogens is 234 g/mol. The van der Waals surface area contributed by atoms with E-state index in [0.29, 0.717) is 11.3 Å². The first-order valence-electron chi connectivity index (χ1n) is 6.13. The van der Waals surface area contributed by atoms with Gasteiger partial charge in [-0.15, -0.1) is 0 Å². The largest absolute Gasteiger partial charge is 0.398 e. The maximum atomic E-state index is 9.04. The lowest BCUT2D eigenvalue weighted by molar-refractivity contribution is 1.18. The molecule has 96 valence electrons. The second kappa shape index (κ2) is 5.03. The Morgan fingerprint density at radius 2 is 1.84 bits per heavy atom. The molecule has 0 atom stereocenters. The number of nitrogens with zero attached hydrogens (tertiary/aromatic N) is 2. The van der Waals surface area contributed by atoms with Crippen LogP contribution in [0.4, 0.5) is 17.1 Å². The molecule has 3 nitrogen and oxygen atoms in total. The van der Waals surface area contributed by atoms with Crippen LogP contribution >= 0.6 is 0 Å². The van der Waals surface area contributed by atoms with Crippen molar-refractivity contribution in [3.8, 4) is 6.07 Å². The molecule has 0 saturated heterocycles.